The van der Waals surface area contributed by atoms with Crippen molar-refractivity contribution in [1.29, 1.82) is 0 Å². The Morgan fingerprint density at radius 3 is 2.70 bits per heavy atom. The molecule has 4 nitrogen and oxygen atoms in total. The summed E-state index contributed by atoms with van der Waals surface area (Å²) in [5.74, 6) is -0.526. The fourth-order valence-corrected chi connectivity index (χ4v) is 2.89. The Bertz CT molecular complexity index is 778. The van der Waals surface area contributed by atoms with Gasteiger partial charge in [0.1, 0.15) is 5.82 Å². The standard InChI is InChI=1S/C20H20FNO3.C2H6/c1-24-20(23)13-14-5-4-6-15(10-9-14)18-11-12-19(25-22-18)16-7-2-3-8-17(16)21;1-2/h2-3,5-10,19H,4,11-13H2,1H3;1-2H3. The number of carbonyl (C=O) groups excluding carboxylic acids is 1. The number of carbonyl (C=O) groups is 1. The molecule has 27 heavy (non-hydrogen) atoms. The van der Waals surface area contributed by atoms with Gasteiger partial charge in [-0.05, 0) is 36.5 Å². The molecule has 0 saturated carbocycles. The van der Waals surface area contributed by atoms with Crippen molar-refractivity contribution in [2.45, 2.75) is 45.6 Å². The van der Waals surface area contributed by atoms with Gasteiger partial charge < -0.3 is 9.57 Å². The minimum absolute atomic E-state index is 0.256. The molecule has 0 N–H and O–H groups in total. The fraction of sp³-hybridized carbons (Fsp3) is 0.364. The molecule has 1 aromatic carbocycles. The lowest BCUT2D eigenvalue weighted by Crippen LogP contribution is -2.15. The predicted molar refractivity (Wildman–Crippen MR) is 105 cm³/mol. The molecule has 1 atom stereocenters. The summed E-state index contributed by atoms with van der Waals surface area (Å²) in [5, 5.41) is 4.21. The van der Waals surface area contributed by atoms with E-state index in [2.05, 4.69) is 5.16 Å². The van der Waals surface area contributed by atoms with Crippen molar-refractivity contribution in [3.8, 4) is 0 Å². The fourth-order valence-electron chi connectivity index (χ4n) is 2.89. The van der Waals surface area contributed by atoms with E-state index in [-0.39, 0.29) is 24.3 Å². The van der Waals surface area contributed by atoms with Crippen LogP contribution in [0.4, 0.5) is 4.39 Å². The number of allylic oxidation sites excluding steroid dienone is 5. The lowest BCUT2D eigenvalue weighted by atomic mass is 9.98. The van der Waals surface area contributed by atoms with Gasteiger partial charge in [0.15, 0.2) is 6.10 Å². The Labute approximate surface area is 160 Å². The van der Waals surface area contributed by atoms with Gasteiger partial charge in [0.2, 0.25) is 0 Å². The van der Waals surface area contributed by atoms with Gasteiger partial charge >= 0.3 is 5.97 Å². The molecule has 1 heterocycles. The number of nitrogens with zero attached hydrogens (tertiary/aromatic N) is 1. The third kappa shape index (κ3) is 5.64. The molecule has 0 fully saturated rings. The van der Waals surface area contributed by atoms with Crippen molar-refractivity contribution in [2.75, 3.05) is 7.11 Å². The van der Waals surface area contributed by atoms with Gasteiger partial charge in [0.25, 0.3) is 0 Å². The molecule has 0 saturated heterocycles. The first-order valence-corrected chi connectivity index (χ1v) is 9.29. The molecule has 144 valence electrons. The van der Waals surface area contributed by atoms with E-state index in [4.69, 9.17) is 9.57 Å². The topological polar surface area (TPSA) is 47.9 Å². The second kappa shape index (κ2) is 10.5. The van der Waals surface area contributed by atoms with Crippen molar-refractivity contribution in [2.24, 2.45) is 5.16 Å². The van der Waals surface area contributed by atoms with E-state index < -0.39 is 0 Å². The number of methoxy groups -OCH3 is 1. The Morgan fingerprint density at radius 1 is 1.26 bits per heavy atom. The quantitative estimate of drug-likeness (QED) is 0.663. The molecular weight excluding hydrogens is 345 g/mol. The highest BCUT2D eigenvalue weighted by atomic mass is 19.1. The van der Waals surface area contributed by atoms with E-state index >= 15 is 0 Å². The van der Waals surface area contributed by atoms with Crippen LogP contribution in [-0.4, -0.2) is 18.8 Å². The third-order valence-electron chi connectivity index (χ3n) is 4.29. The maximum absolute atomic E-state index is 13.9. The number of esters is 1. The first-order valence-electron chi connectivity index (χ1n) is 9.29. The van der Waals surface area contributed by atoms with E-state index in [1.807, 2.05) is 38.2 Å². The van der Waals surface area contributed by atoms with Crippen molar-refractivity contribution in [1.82, 2.24) is 0 Å². The van der Waals surface area contributed by atoms with Crippen LogP contribution in [0.1, 0.15) is 51.2 Å². The largest absolute Gasteiger partial charge is 0.469 e. The molecule has 1 aliphatic carbocycles. The first kappa shape index (κ1) is 20.6. The molecule has 3 rings (SSSR count). The summed E-state index contributed by atoms with van der Waals surface area (Å²) >= 11 is 0. The second-order valence-corrected chi connectivity index (χ2v) is 5.95. The normalized spacial score (nSPS) is 18.7. The molecule has 1 aliphatic heterocycles. The van der Waals surface area contributed by atoms with Crippen LogP contribution >= 0.6 is 0 Å². The van der Waals surface area contributed by atoms with Crippen molar-refractivity contribution in [3.05, 3.63) is 71.1 Å². The zero-order valence-corrected chi connectivity index (χ0v) is 16.1. The molecule has 0 bridgehead atoms. The SMILES string of the molecule is CC.COC(=O)CC1=CCC=C(C2=NOC(c3ccccc3F)CC2)C=C1. The first-order chi connectivity index (χ1) is 13.2. The van der Waals surface area contributed by atoms with Crippen LogP contribution < -0.4 is 0 Å². The van der Waals surface area contributed by atoms with Crippen LogP contribution in [0.25, 0.3) is 0 Å². The Kier molecular flexibility index (Phi) is 7.99. The van der Waals surface area contributed by atoms with E-state index in [0.29, 0.717) is 24.8 Å². The van der Waals surface area contributed by atoms with Crippen LogP contribution in [0, 0.1) is 5.82 Å². The van der Waals surface area contributed by atoms with Gasteiger partial charge in [-0.1, -0.05) is 61.5 Å². The highest BCUT2D eigenvalue weighted by molar-refractivity contribution is 6.02. The maximum atomic E-state index is 13.9. The van der Waals surface area contributed by atoms with Gasteiger partial charge in [-0.3, -0.25) is 4.79 Å². The van der Waals surface area contributed by atoms with Crippen LogP contribution in [0.15, 0.2) is 64.9 Å². The van der Waals surface area contributed by atoms with E-state index in [1.54, 1.807) is 18.2 Å². The Hall–Kier alpha value is -2.69. The number of ether oxygens (including phenoxy) is 1. The molecule has 2 aliphatic rings. The smallest absolute Gasteiger partial charge is 0.309 e. The number of oxime groups is 1. The van der Waals surface area contributed by atoms with Crippen molar-refractivity contribution in [3.63, 3.8) is 0 Å². The van der Waals surface area contributed by atoms with Crippen molar-refractivity contribution >= 4 is 11.7 Å². The minimum Gasteiger partial charge on any atom is -0.469 e. The number of hydrogen-bond donors (Lipinski definition) is 0. The zero-order chi connectivity index (χ0) is 19.6. The maximum Gasteiger partial charge on any atom is 0.309 e. The van der Waals surface area contributed by atoms with Crippen LogP contribution in [0.5, 0.6) is 0 Å². The molecule has 1 unspecified atom stereocenters. The van der Waals surface area contributed by atoms with Crippen LogP contribution in [-0.2, 0) is 14.4 Å². The van der Waals surface area contributed by atoms with E-state index in [0.717, 1.165) is 16.9 Å². The predicted octanol–water partition coefficient (Wildman–Crippen LogP) is 5.44. The summed E-state index contributed by atoms with van der Waals surface area (Å²) in [7, 11) is 1.38. The van der Waals surface area contributed by atoms with Crippen LogP contribution in [0.2, 0.25) is 0 Å². The molecule has 5 heteroatoms. The molecule has 1 aromatic rings. The number of hydrogen-bond acceptors (Lipinski definition) is 4. The lowest BCUT2D eigenvalue weighted by Gasteiger charge is -2.22. The summed E-state index contributed by atoms with van der Waals surface area (Å²) in [6, 6.07) is 6.62. The molecule has 0 aromatic heterocycles. The van der Waals surface area contributed by atoms with Gasteiger partial charge in [-0.25, -0.2) is 4.39 Å². The highest BCUT2D eigenvalue weighted by Gasteiger charge is 2.23. The molecular formula is C22H26FNO3. The van der Waals surface area contributed by atoms with Gasteiger partial charge in [0, 0.05) is 5.56 Å². The van der Waals surface area contributed by atoms with Gasteiger partial charge in [-0.15, -0.1) is 0 Å². The van der Waals surface area contributed by atoms with Crippen molar-refractivity contribution < 1.29 is 18.8 Å². The minimum atomic E-state index is -0.353. The summed E-state index contributed by atoms with van der Waals surface area (Å²) in [6.45, 7) is 4.00. The lowest BCUT2D eigenvalue weighted by molar-refractivity contribution is -0.139. The van der Waals surface area contributed by atoms with E-state index in [1.165, 1.54) is 13.2 Å². The number of halogens is 1. The Morgan fingerprint density at radius 2 is 2.04 bits per heavy atom. The molecule has 0 amide bonds. The summed E-state index contributed by atoms with van der Waals surface area (Å²) in [5.41, 5.74) is 3.28. The van der Waals surface area contributed by atoms with Gasteiger partial charge in [0.05, 0.1) is 19.2 Å². The number of benzene rings is 1. The monoisotopic (exact) mass is 371 g/mol. The zero-order valence-electron chi connectivity index (χ0n) is 16.1. The summed E-state index contributed by atoms with van der Waals surface area (Å²) in [6.07, 6.45) is 9.88. The number of rotatable bonds is 4. The molecule has 0 spiro atoms. The highest BCUT2D eigenvalue weighted by Crippen LogP contribution is 2.30. The Balaban J connectivity index is 0.00000126. The average molecular weight is 371 g/mol. The average Bonchev–Trinajstić information content (AvgIpc) is 2.95. The van der Waals surface area contributed by atoms with E-state index in [9.17, 15) is 9.18 Å². The third-order valence-corrected chi connectivity index (χ3v) is 4.29. The summed E-state index contributed by atoms with van der Waals surface area (Å²) in [4.78, 5) is 16.9. The van der Waals surface area contributed by atoms with Crippen LogP contribution in [0.3, 0.4) is 0 Å². The van der Waals surface area contributed by atoms with Gasteiger partial charge in [-0.2, -0.15) is 0 Å². The second-order valence-electron chi connectivity index (χ2n) is 5.95. The molecule has 0 radical (unpaired) electrons. The summed E-state index contributed by atoms with van der Waals surface area (Å²) < 4.78 is 18.6.